The van der Waals surface area contributed by atoms with E-state index in [1.807, 2.05) is 26.8 Å². The fraction of sp³-hybridized carbons (Fsp3) is 0.500. The van der Waals surface area contributed by atoms with Gasteiger partial charge in [0.1, 0.15) is 11.6 Å². The van der Waals surface area contributed by atoms with Gasteiger partial charge in [-0.3, -0.25) is 0 Å². The molecule has 0 aliphatic rings. The van der Waals surface area contributed by atoms with Gasteiger partial charge in [-0.25, -0.2) is 4.39 Å². The molecule has 0 unspecified atom stereocenters. The summed E-state index contributed by atoms with van der Waals surface area (Å²) in [5, 5.41) is 0. The van der Waals surface area contributed by atoms with Gasteiger partial charge in [0.2, 0.25) is 0 Å². The van der Waals surface area contributed by atoms with E-state index in [1.54, 1.807) is 6.07 Å². The van der Waals surface area contributed by atoms with Gasteiger partial charge < -0.3 is 4.74 Å². The second-order valence-corrected chi connectivity index (χ2v) is 3.69. The molecule has 0 radical (unpaired) electrons. The van der Waals surface area contributed by atoms with Crippen LogP contribution >= 0.6 is 0 Å². The van der Waals surface area contributed by atoms with Crippen LogP contribution in [-0.2, 0) is 0 Å². The molecular weight excluding hydrogens is 179 g/mol. The van der Waals surface area contributed by atoms with Crippen molar-refractivity contribution < 1.29 is 9.13 Å². The summed E-state index contributed by atoms with van der Waals surface area (Å²) < 4.78 is 18.8. The highest BCUT2D eigenvalue weighted by Crippen LogP contribution is 2.22. The molecule has 0 aliphatic carbocycles. The average Bonchev–Trinajstić information content (AvgIpc) is 2.14. The van der Waals surface area contributed by atoms with Gasteiger partial charge in [0.05, 0.1) is 6.61 Å². The van der Waals surface area contributed by atoms with Crippen molar-refractivity contribution in [2.75, 3.05) is 6.61 Å². The molecule has 1 nitrogen and oxygen atoms in total. The summed E-state index contributed by atoms with van der Waals surface area (Å²) in [5.41, 5.74) is 0.744. The Hall–Kier alpha value is -1.05. The van der Waals surface area contributed by atoms with Crippen LogP contribution in [0.3, 0.4) is 0 Å². The molecule has 1 aromatic carbocycles. The summed E-state index contributed by atoms with van der Waals surface area (Å²) in [5.74, 6) is 0.664. The minimum Gasteiger partial charge on any atom is -0.494 e. The monoisotopic (exact) mass is 196 g/mol. The van der Waals surface area contributed by atoms with Gasteiger partial charge in [-0.05, 0) is 24.0 Å². The van der Waals surface area contributed by atoms with E-state index in [9.17, 15) is 4.39 Å². The van der Waals surface area contributed by atoms with E-state index >= 15 is 0 Å². The maximum Gasteiger partial charge on any atom is 0.130 e. The molecule has 0 heterocycles. The Morgan fingerprint density at radius 1 is 1.36 bits per heavy atom. The molecule has 0 saturated heterocycles. The van der Waals surface area contributed by atoms with Crippen LogP contribution < -0.4 is 4.74 Å². The summed E-state index contributed by atoms with van der Waals surface area (Å²) in [4.78, 5) is 0. The van der Waals surface area contributed by atoms with E-state index in [-0.39, 0.29) is 11.7 Å². The van der Waals surface area contributed by atoms with Crippen LogP contribution in [0.1, 0.15) is 38.7 Å². The topological polar surface area (TPSA) is 9.23 Å². The first-order valence-electron chi connectivity index (χ1n) is 5.07. The van der Waals surface area contributed by atoms with Crippen molar-refractivity contribution in [1.82, 2.24) is 0 Å². The SMILES string of the molecule is CCCOc1ccc(C(C)C)c(F)c1. The standard InChI is InChI=1S/C12H17FO/c1-4-7-14-10-5-6-11(9(2)3)12(13)8-10/h5-6,8-9H,4,7H2,1-3H3. The third-order valence-electron chi connectivity index (χ3n) is 2.07. The first-order chi connectivity index (χ1) is 6.65. The molecule has 0 aromatic heterocycles. The van der Waals surface area contributed by atoms with Crippen molar-refractivity contribution in [3.05, 3.63) is 29.6 Å². The first kappa shape index (κ1) is 11.0. The van der Waals surface area contributed by atoms with Gasteiger partial charge in [0.25, 0.3) is 0 Å². The lowest BCUT2D eigenvalue weighted by molar-refractivity contribution is 0.315. The zero-order chi connectivity index (χ0) is 10.6. The van der Waals surface area contributed by atoms with Gasteiger partial charge in [0.15, 0.2) is 0 Å². The highest BCUT2D eigenvalue weighted by Gasteiger charge is 2.07. The molecule has 0 fully saturated rings. The van der Waals surface area contributed by atoms with E-state index in [2.05, 4.69) is 0 Å². The molecule has 0 bridgehead atoms. The number of hydrogen-bond acceptors (Lipinski definition) is 1. The largest absolute Gasteiger partial charge is 0.494 e. The Morgan fingerprint density at radius 3 is 2.57 bits per heavy atom. The van der Waals surface area contributed by atoms with E-state index in [1.165, 1.54) is 6.07 Å². The molecule has 0 spiro atoms. The van der Waals surface area contributed by atoms with Crippen molar-refractivity contribution >= 4 is 0 Å². The van der Waals surface area contributed by atoms with E-state index < -0.39 is 0 Å². The number of ether oxygens (including phenoxy) is 1. The minimum absolute atomic E-state index is 0.173. The molecule has 0 amide bonds. The van der Waals surface area contributed by atoms with Crippen LogP contribution in [0.25, 0.3) is 0 Å². The Kier molecular flexibility index (Phi) is 3.93. The Balaban J connectivity index is 2.78. The maximum absolute atomic E-state index is 13.4. The lowest BCUT2D eigenvalue weighted by Gasteiger charge is -2.09. The molecule has 14 heavy (non-hydrogen) atoms. The van der Waals surface area contributed by atoms with Crippen LogP contribution in [0.5, 0.6) is 5.75 Å². The summed E-state index contributed by atoms with van der Waals surface area (Å²) in [6, 6.07) is 5.09. The van der Waals surface area contributed by atoms with E-state index in [0.717, 1.165) is 12.0 Å². The van der Waals surface area contributed by atoms with Gasteiger partial charge in [0, 0.05) is 6.07 Å². The number of rotatable bonds is 4. The van der Waals surface area contributed by atoms with Crippen molar-refractivity contribution in [3.8, 4) is 5.75 Å². The fourth-order valence-corrected chi connectivity index (χ4v) is 1.29. The molecule has 0 aliphatic heterocycles. The minimum atomic E-state index is -0.173. The highest BCUT2D eigenvalue weighted by molar-refractivity contribution is 5.30. The molecular formula is C12H17FO. The lowest BCUT2D eigenvalue weighted by atomic mass is 10.0. The number of benzene rings is 1. The summed E-state index contributed by atoms with van der Waals surface area (Å²) in [6.07, 6.45) is 0.938. The van der Waals surface area contributed by atoms with Gasteiger partial charge in [-0.1, -0.05) is 26.8 Å². The van der Waals surface area contributed by atoms with Crippen LogP contribution in [-0.4, -0.2) is 6.61 Å². The second-order valence-electron chi connectivity index (χ2n) is 3.69. The molecule has 0 saturated carbocycles. The van der Waals surface area contributed by atoms with Gasteiger partial charge in [-0.2, -0.15) is 0 Å². The molecule has 78 valence electrons. The Labute approximate surface area is 84.9 Å². The van der Waals surface area contributed by atoms with E-state index in [0.29, 0.717) is 12.4 Å². The smallest absolute Gasteiger partial charge is 0.130 e. The molecule has 1 aromatic rings. The third kappa shape index (κ3) is 2.72. The fourth-order valence-electron chi connectivity index (χ4n) is 1.29. The number of halogens is 1. The predicted molar refractivity (Wildman–Crippen MR) is 56.3 cm³/mol. The van der Waals surface area contributed by atoms with Crippen LogP contribution in [0, 0.1) is 5.82 Å². The normalized spacial score (nSPS) is 10.6. The molecule has 0 N–H and O–H groups in total. The summed E-state index contributed by atoms with van der Waals surface area (Å²) >= 11 is 0. The average molecular weight is 196 g/mol. The Morgan fingerprint density at radius 2 is 2.07 bits per heavy atom. The summed E-state index contributed by atoms with van der Waals surface area (Å²) in [7, 11) is 0. The molecule has 2 heteroatoms. The van der Waals surface area contributed by atoms with Crippen LogP contribution in [0.15, 0.2) is 18.2 Å². The van der Waals surface area contributed by atoms with Crippen molar-refractivity contribution in [2.24, 2.45) is 0 Å². The third-order valence-corrected chi connectivity index (χ3v) is 2.07. The zero-order valence-electron chi connectivity index (χ0n) is 9.01. The quantitative estimate of drug-likeness (QED) is 0.712. The Bertz CT molecular complexity index is 294. The van der Waals surface area contributed by atoms with Gasteiger partial charge >= 0.3 is 0 Å². The molecule has 0 atom stereocenters. The lowest BCUT2D eigenvalue weighted by Crippen LogP contribution is -1.98. The van der Waals surface area contributed by atoms with Crippen molar-refractivity contribution in [1.29, 1.82) is 0 Å². The van der Waals surface area contributed by atoms with Crippen molar-refractivity contribution in [2.45, 2.75) is 33.1 Å². The van der Waals surface area contributed by atoms with Crippen LogP contribution in [0.2, 0.25) is 0 Å². The zero-order valence-corrected chi connectivity index (χ0v) is 9.01. The highest BCUT2D eigenvalue weighted by atomic mass is 19.1. The second kappa shape index (κ2) is 4.99. The van der Waals surface area contributed by atoms with Crippen molar-refractivity contribution in [3.63, 3.8) is 0 Å². The maximum atomic E-state index is 13.4. The number of hydrogen-bond donors (Lipinski definition) is 0. The first-order valence-corrected chi connectivity index (χ1v) is 5.07. The molecule has 1 rings (SSSR count). The predicted octanol–water partition coefficient (Wildman–Crippen LogP) is 3.74. The van der Waals surface area contributed by atoms with E-state index in [4.69, 9.17) is 4.74 Å². The summed E-state index contributed by atoms with van der Waals surface area (Å²) in [6.45, 7) is 6.62. The van der Waals surface area contributed by atoms with Crippen LogP contribution in [0.4, 0.5) is 4.39 Å². The van der Waals surface area contributed by atoms with Gasteiger partial charge in [-0.15, -0.1) is 0 Å².